The van der Waals surface area contributed by atoms with E-state index in [9.17, 15) is 0 Å². The lowest BCUT2D eigenvalue weighted by Gasteiger charge is -2.29. The van der Waals surface area contributed by atoms with Crippen molar-refractivity contribution in [2.75, 3.05) is 17.7 Å². The number of nitrogens with zero attached hydrogens (tertiary/aromatic N) is 2. The van der Waals surface area contributed by atoms with Gasteiger partial charge < -0.3 is 10.6 Å². The van der Waals surface area contributed by atoms with Gasteiger partial charge in [0.05, 0.1) is 11.2 Å². The molecule has 2 N–H and O–H groups in total. The summed E-state index contributed by atoms with van der Waals surface area (Å²) < 4.78 is 0. The highest BCUT2D eigenvalue weighted by Crippen LogP contribution is 2.30. The molecule has 2 rings (SSSR count). The lowest BCUT2D eigenvalue weighted by Crippen LogP contribution is -2.30. The molecule has 0 amide bonds. The second-order valence-electron chi connectivity index (χ2n) is 5.66. The number of anilines is 2. The van der Waals surface area contributed by atoms with E-state index in [1.165, 1.54) is 12.1 Å². The van der Waals surface area contributed by atoms with Crippen LogP contribution in [0.4, 0.5) is 11.4 Å². The third kappa shape index (κ3) is 2.80. The molecule has 1 aromatic heterocycles. The highest BCUT2D eigenvalue weighted by atomic mass is 15.1. The zero-order valence-corrected chi connectivity index (χ0v) is 12.2. The minimum Gasteiger partial charge on any atom is -0.397 e. The molecule has 1 atom stereocenters. The summed E-state index contributed by atoms with van der Waals surface area (Å²) in [5.74, 6) is 0.690. The standard InChI is InChI=1S/C16H23N3/c1-11(2)10-12(3)19(4)15-8-7-14(17)16-13(15)6-5-9-18-16/h5-9,11-12H,10,17H2,1-4H3. The van der Waals surface area contributed by atoms with Gasteiger partial charge in [-0.25, -0.2) is 0 Å². The first-order chi connectivity index (χ1) is 9.00. The van der Waals surface area contributed by atoms with Crippen LogP contribution in [0.1, 0.15) is 27.2 Å². The smallest absolute Gasteiger partial charge is 0.0951 e. The average molecular weight is 257 g/mol. The molecule has 1 aromatic carbocycles. The van der Waals surface area contributed by atoms with Crippen LogP contribution in [-0.4, -0.2) is 18.1 Å². The quantitative estimate of drug-likeness (QED) is 0.849. The number of aromatic nitrogens is 1. The molecule has 0 bridgehead atoms. The Morgan fingerprint density at radius 3 is 2.63 bits per heavy atom. The van der Waals surface area contributed by atoms with E-state index in [4.69, 9.17) is 5.73 Å². The van der Waals surface area contributed by atoms with Crippen molar-refractivity contribution >= 4 is 22.3 Å². The summed E-state index contributed by atoms with van der Waals surface area (Å²) in [7, 11) is 2.14. The van der Waals surface area contributed by atoms with E-state index in [-0.39, 0.29) is 0 Å². The van der Waals surface area contributed by atoms with Crippen LogP contribution in [0.25, 0.3) is 10.9 Å². The number of nitrogens with two attached hydrogens (primary N) is 1. The largest absolute Gasteiger partial charge is 0.397 e. The van der Waals surface area contributed by atoms with Gasteiger partial charge in [-0.05, 0) is 43.5 Å². The molecule has 0 saturated heterocycles. The minimum atomic E-state index is 0.493. The van der Waals surface area contributed by atoms with Gasteiger partial charge in [-0.3, -0.25) is 4.98 Å². The number of benzene rings is 1. The molecular weight excluding hydrogens is 234 g/mol. The van der Waals surface area contributed by atoms with Crippen molar-refractivity contribution < 1.29 is 0 Å². The number of fused-ring (bicyclic) bond motifs is 1. The summed E-state index contributed by atoms with van der Waals surface area (Å²) in [4.78, 5) is 6.72. The van der Waals surface area contributed by atoms with Crippen LogP contribution in [0, 0.1) is 5.92 Å². The lowest BCUT2D eigenvalue weighted by molar-refractivity contribution is 0.504. The molecule has 0 spiro atoms. The normalized spacial score (nSPS) is 12.9. The maximum absolute atomic E-state index is 6.00. The van der Waals surface area contributed by atoms with Gasteiger partial charge >= 0.3 is 0 Å². The van der Waals surface area contributed by atoms with Crippen LogP contribution in [0.2, 0.25) is 0 Å². The fraction of sp³-hybridized carbons (Fsp3) is 0.438. The third-order valence-electron chi connectivity index (χ3n) is 3.63. The number of rotatable bonds is 4. The topological polar surface area (TPSA) is 42.1 Å². The Labute approximate surface area is 115 Å². The monoisotopic (exact) mass is 257 g/mol. The molecular formula is C16H23N3. The predicted molar refractivity (Wildman–Crippen MR) is 83.5 cm³/mol. The van der Waals surface area contributed by atoms with Gasteiger partial charge in [0.15, 0.2) is 0 Å². The summed E-state index contributed by atoms with van der Waals surface area (Å²) in [6, 6.07) is 8.59. The van der Waals surface area contributed by atoms with Gasteiger partial charge in [-0.15, -0.1) is 0 Å². The molecule has 0 aliphatic rings. The van der Waals surface area contributed by atoms with E-state index in [0.29, 0.717) is 12.0 Å². The number of hydrogen-bond donors (Lipinski definition) is 1. The molecule has 0 radical (unpaired) electrons. The van der Waals surface area contributed by atoms with Gasteiger partial charge in [0.2, 0.25) is 0 Å². The first-order valence-electron chi connectivity index (χ1n) is 6.86. The lowest BCUT2D eigenvalue weighted by atomic mass is 10.0. The Morgan fingerprint density at radius 2 is 1.95 bits per heavy atom. The van der Waals surface area contributed by atoms with Crippen LogP contribution in [-0.2, 0) is 0 Å². The Morgan fingerprint density at radius 1 is 1.21 bits per heavy atom. The van der Waals surface area contributed by atoms with E-state index < -0.39 is 0 Å². The molecule has 3 heteroatoms. The third-order valence-corrected chi connectivity index (χ3v) is 3.63. The highest BCUT2D eigenvalue weighted by Gasteiger charge is 2.15. The molecule has 0 aliphatic heterocycles. The van der Waals surface area contributed by atoms with Crippen molar-refractivity contribution in [1.29, 1.82) is 0 Å². The van der Waals surface area contributed by atoms with Crippen LogP contribution >= 0.6 is 0 Å². The second-order valence-corrected chi connectivity index (χ2v) is 5.66. The maximum atomic E-state index is 6.00. The number of hydrogen-bond acceptors (Lipinski definition) is 3. The van der Waals surface area contributed by atoms with Crippen molar-refractivity contribution in [3.05, 3.63) is 30.5 Å². The van der Waals surface area contributed by atoms with E-state index in [2.05, 4.69) is 49.8 Å². The second kappa shape index (κ2) is 5.47. The first kappa shape index (κ1) is 13.7. The summed E-state index contributed by atoms with van der Waals surface area (Å²) in [5, 5.41) is 1.13. The summed E-state index contributed by atoms with van der Waals surface area (Å²) in [6.07, 6.45) is 2.96. The molecule has 1 heterocycles. The van der Waals surface area contributed by atoms with Gasteiger partial charge in [0.1, 0.15) is 0 Å². The molecule has 102 valence electrons. The Kier molecular flexibility index (Phi) is 3.93. The van der Waals surface area contributed by atoms with Gasteiger partial charge in [0.25, 0.3) is 0 Å². The number of pyridine rings is 1. The van der Waals surface area contributed by atoms with E-state index >= 15 is 0 Å². The van der Waals surface area contributed by atoms with Gasteiger partial charge in [0, 0.05) is 30.4 Å². The van der Waals surface area contributed by atoms with Gasteiger partial charge in [-0.2, -0.15) is 0 Å². The zero-order valence-electron chi connectivity index (χ0n) is 12.2. The molecule has 0 aliphatic carbocycles. The Hall–Kier alpha value is -1.77. The molecule has 3 nitrogen and oxygen atoms in total. The predicted octanol–water partition coefficient (Wildman–Crippen LogP) is 3.69. The minimum absolute atomic E-state index is 0.493. The zero-order chi connectivity index (χ0) is 14.0. The van der Waals surface area contributed by atoms with Crippen molar-refractivity contribution in [1.82, 2.24) is 4.98 Å². The maximum Gasteiger partial charge on any atom is 0.0951 e. The van der Waals surface area contributed by atoms with Crippen LogP contribution in [0.15, 0.2) is 30.5 Å². The first-order valence-corrected chi connectivity index (χ1v) is 6.86. The average Bonchev–Trinajstić information content (AvgIpc) is 2.38. The summed E-state index contributed by atoms with van der Waals surface area (Å²) >= 11 is 0. The molecule has 19 heavy (non-hydrogen) atoms. The van der Waals surface area contributed by atoms with Gasteiger partial charge in [-0.1, -0.05) is 13.8 Å². The number of nitrogen functional groups attached to an aromatic ring is 1. The van der Waals surface area contributed by atoms with Crippen LogP contribution in [0.5, 0.6) is 0 Å². The molecule has 0 saturated carbocycles. The van der Waals surface area contributed by atoms with Crippen molar-refractivity contribution in [3.8, 4) is 0 Å². The molecule has 1 unspecified atom stereocenters. The van der Waals surface area contributed by atoms with Crippen molar-refractivity contribution in [2.24, 2.45) is 5.92 Å². The molecule has 2 aromatic rings. The van der Waals surface area contributed by atoms with Crippen LogP contribution in [0.3, 0.4) is 0 Å². The molecule has 0 fully saturated rings. The van der Waals surface area contributed by atoms with E-state index in [1.54, 1.807) is 6.20 Å². The fourth-order valence-electron chi connectivity index (χ4n) is 2.56. The van der Waals surface area contributed by atoms with Crippen molar-refractivity contribution in [3.63, 3.8) is 0 Å². The van der Waals surface area contributed by atoms with Crippen LogP contribution < -0.4 is 10.6 Å². The highest BCUT2D eigenvalue weighted by molar-refractivity contribution is 5.98. The van der Waals surface area contributed by atoms with E-state index in [0.717, 1.165) is 16.6 Å². The SMILES string of the molecule is CC(C)CC(C)N(C)c1ccc(N)c2ncccc12. The van der Waals surface area contributed by atoms with E-state index in [1.807, 2.05) is 12.1 Å². The fourth-order valence-corrected chi connectivity index (χ4v) is 2.56. The summed E-state index contributed by atoms with van der Waals surface area (Å²) in [5.41, 5.74) is 8.83. The Balaban J connectivity index is 2.42. The summed E-state index contributed by atoms with van der Waals surface area (Å²) in [6.45, 7) is 6.78. The Bertz CT molecular complexity index is 563. The van der Waals surface area contributed by atoms with Crippen molar-refractivity contribution in [2.45, 2.75) is 33.2 Å².